The molecule has 1 N–H and O–H groups in total. The van der Waals surface area contributed by atoms with Crippen LogP contribution in [0.2, 0.25) is 0 Å². The van der Waals surface area contributed by atoms with Crippen molar-refractivity contribution in [1.29, 1.82) is 0 Å². The van der Waals surface area contributed by atoms with E-state index in [1.807, 2.05) is 0 Å². The molecule has 0 amide bonds. The highest BCUT2D eigenvalue weighted by Gasteiger charge is 2.26. The van der Waals surface area contributed by atoms with Crippen LogP contribution in [0.25, 0.3) is 0 Å². The molecule has 0 aromatic carbocycles. The first-order valence-corrected chi connectivity index (χ1v) is 6.09. The van der Waals surface area contributed by atoms with E-state index in [0.29, 0.717) is 12.1 Å². The Hall–Kier alpha value is -0.0800. The van der Waals surface area contributed by atoms with Gasteiger partial charge in [0.15, 0.2) is 0 Å². The normalized spacial score (nSPS) is 22.9. The van der Waals surface area contributed by atoms with Crippen molar-refractivity contribution in [2.75, 3.05) is 14.1 Å². The second kappa shape index (κ2) is 5.72. The zero-order valence-electron chi connectivity index (χ0n) is 10.2. The van der Waals surface area contributed by atoms with Crippen molar-refractivity contribution in [2.24, 2.45) is 0 Å². The first-order valence-electron chi connectivity index (χ1n) is 6.09. The van der Waals surface area contributed by atoms with Crippen LogP contribution in [0.4, 0.5) is 0 Å². The van der Waals surface area contributed by atoms with Gasteiger partial charge in [-0.15, -0.1) is 0 Å². The Morgan fingerprint density at radius 1 is 1.36 bits per heavy atom. The molecule has 14 heavy (non-hydrogen) atoms. The number of nitrogens with one attached hydrogen (secondary N) is 1. The maximum absolute atomic E-state index is 3.41. The minimum Gasteiger partial charge on any atom is -0.315 e. The van der Waals surface area contributed by atoms with E-state index in [0.717, 1.165) is 6.04 Å². The smallest absolute Gasteiger partial charge is 0.0220 e. The highest BCUT2D eigenvalue weighted by Crippen LogP contribution is 2.24. The van der Waals surface area contributed by atoms with Crippen molar-refractivity contribution in [3.63, 3.8) is 0 Å². The van der Waals surface area contributed by atoms with Crippen LogP contribution < -0.4 is 5.32 Å². The molecular weight excluding hydrogens is 172 g/mol. The Morgan fingerprint density at radius 2 is 1.93 bits per heavy atom. The number of hydrogen-bond donors (Lipinski definition) is 1. The molecule has 1 rings (SSSR count). The molecule has 2 atom stereocenters. The molecule has 1 fully saturated rings. The molecule has 0 radical (unpaired) electrons. The minimum atomic E-state index is 0.639. The maximum Gasteiger partial charge on any atom is 0.0220 e. The van der Waals surface area contributed by atoms with Crippen LogP contribution in [0.5, 0.6) is 0 Å². The fourth-order valence-corrected chi connectivity index (χ4v) is 2.71. The van der Waals surface area contributed by atoms with Crippen LogP contribution >= 0.6 is 0 Å². The molecule has 0 aromatic heterocycles. The highest BCUT2D eigenvalue weighted by molar-refractivity contribution is 4.84. The molecule has 0 aliphatic heterocycles. The summed E-state index contributed by atoms with van der Waals surface area (Å²) in [5.74, 6) is 0. The third kappa shape index (κ3) is 2.71. The van der Waals surface area contributed by atoms with Gasteiger partial charge in [-0.1, -0.05) is 19.8 Å². The molecule has 0 saturated heterocycles. The van der Waals surface area contributed by atoms with Gasteiger partial charge in [0.1, 0.15) is 0 Å². The van der Waals surface area contributed by atoms with Crippen molar-refractivity contribution in [3.05, 3.63) is 0 Å². The molecule has 0 heterocycles. The highest BCUT2D eigenvalue weighted by atomic mass is 15.2. The average molecular weight is 198 g/mol. The molecule has 2 unspecified atom stereocenters. The molecule has 84 valence electrons. The summed E-state index contributed by atoms with van der Waals surface area (Å²) in [5, 5.41) is 3.41. The van der Waals surface area contributed by atoms with Crippen LogP contribution in [0.1, 0.15) is 46.0 Å². The van der Waals surface area contributed by atoms with Crippen LogP contribution in [0.15, 0.2) is 0 Å². The summed E-state index contributed by atoms with van der Waals surface area (Å²) < 4.78 is 0. The molecule has 1 aliphatic rings. The quantitative estimate of drug-likeness (QED) is 0.729. The second-order valence-electron chi connectivity index (χ2n) is 4.65. The van der Waals surface area contributed by atoms with Gasteiger partial charge in [-0.25, -0.2) is 0 Å². The van der Waals surface area contributed by atoms with Crippen molar-refractivity contribution >= 4 is 0 Å². The number of rotatable bonds is 5. The summed E-state index contributed by atoms with van der Waals surface area (Å²) in [4.78, 5) is 2.58. The second-order valence-corrected chi connectivity index (χ2v) is 4.65. The van der Waals surface area contributed by atoms with Gasteiger partial charge in [0.25, 0.3) is 0 Å². The van der Waals surface area contributed by atoms with E-state index in [2.05, 4.69) is 38.2 Å². The van der Waals surface area contributed by atoms with E-state index in [4.69, 9.17) is 0 Å². The van der Waals surface area contributed by atoms with Gasteiger partial charge in [-0.2, -0.15) is 0 Å². The Balaban J connectivity index is 2.44. The lowest BCUT2D eigenvalue weighted by atomic mass is 10.0. The topological polar surface area (TPSA) is 15.3 Å². The molecule has 1 aliphatic carbocycles. The summed E-state index contributed by atoms with van der Waals surface area (Å²) in [5.41, 5.74) is 0. The minimum absolute atomic E-state index is 0.639. The lowest BCUT2D eigenvalue weighted by Gasteiger charge is -2.35. The van der Waals surface area contributed by atoms with E-state index in [9.17, 15) is 0 Å². The van der Waals surface area contributed by atoms with Gasteiger partial charge in [0, 0.05) is 18.1 Å². The Morgan fingerprint density at radius 3 is 2.36 bits per heavy atom. The van der Waals surface area contributed by atoms with Crippen molar-refractivity contribution in [2.45, 2.75) is 64.1 Å². The number of likely N-dealkylation sites (N-methyl/N-ethyl adjacent to an activating group) is 2. The van der Waals surface area contributed by atoms with Crippen molar-refractivity contribution in [3.8, 4) is 0 Å². The summed E-state index contributed by atoms with van der Waals surface area (Å²) >= 11 is 0. The van der Waals surface area contributed by atoms with Crippen LogP contribution in [0, 0.1) is 0 Å². The Bertz CT molecular complexity index is 142. The summed E-state index contributed by atoms with van der Waals surface area (Å²) in [6, 6.07) is 2.14. The monoisotopic (exact) mass is 198 g/mol. The molecule has 2 nitrogen and oxygen atoms in total. The molecule has 0 aromatic rings. The van der Waals surface area contributed by atoms with Crippen LogP contribution in [0.3, 0.4) is 0 Å². The van der Waals surface area contributed by atoms with Gasteiger partial charge >= 0.3 is 0 Å². The SMILES string of the molecule is CCC(NC)C(C)N(C)C1CCCC1. The number of nitrogens with zero attached hydrogens (tertiary/aromatic N) is 1. The van der Waals surface area contributed by atoms with Crippen molar-refractivity contribution < 1.29 is 0 Å². The van der Waals surface area contributed by atoms with E-state index in [-0.39, 0.29) is 0 Å². The summed E-state index contributed by atoms with van der Waals surface area (Å²) in [7, 11) is 4.37. The largest absolute Gasteiger partial charge is 0.315 e. The Labute approximate surface area is 89.1 Å². The summed E-state index contributed by atoms with van der Waals surface area (Å²) in [6.07, 6.45) is 6.88. The average Bonchev–Trinajstić information content (AvgIpc) is 2.71. The van der Waals surface area contributed by atoms with Crippen LogP contribution in [-0.2, 0) is 0 Å². The van der Waals surface area contributed by atoms with Gasteiger partial charge in [0.05, 0.1) is 0 Å². The molecule has 0 bridgehead atoms. The predicted molar refractivity (Wildman–Crippen MR) is 62.6 cm³/mol. The lowest BCUT2D eigenvalue weighted by molar-refractivity contribution is 0.152. The van der Waals surface area contributed by atoms with E-state index in [1.165, 1.54) is 32.1 Å². The Kier molecular flexibility index (Phi) is 4.90. The molecule has 0 spiro atoms. The predicted octanol–water partition coefficient (Wildman–Crippen LogP) is 2.25. The molecule has 1 saturated carbocycles. The van der Waals surface area contributed by atoms with Crippen molar-refractivity contribution in [1.82, 2.24) is 10.2 Å². The van der Waals surface area contributed by atoms with E-state index >= 15 is 0 Å². The van der Waals surface area contributed by atoms with Gasteiger partial charge in [-0.05, 0) is 40.3 Å². The third-order valence-corrected chi connectivity index (χ3v) is 3.94. The zero-order valence-corrected chi connectivity index (χ0v) is 10.2. The zero-order chi connectivity index (χ0) is 10.6. The van der Waals surface area contributed by atoms with Gasteiger partial charge in [-0.3, -0.25) is 4.90 Å². The fourth-order valence-electron chi connectivity index (χ4n) is 2.71. The molecule has 2 heteroatoms. The number of hydrogen-bond acceptors (Lipinski definition) is 2. The third-order valence-electron chi connectivity index (χ3n) is 3.94. The first-order chi connectivity index (χ1) is 6.70. The van der Waals surface area contributed by atoms with Gasteiger partial charge in [0.2, 0.25) is 0 Å². The van der Waals surface area contributed by atoms with E-state index < -0.39 is 0 Å². The first kappa shape index (κ1) is 12.0. The maximum atomic E-state index is 3.41. The van der Waals surface area contributed by atoms with Gasteiger partial charge < -0.3 is 5.32 Å². The lowest BCUT2D eigenvalue weighted by Crippen LogP contribution is -2.48. The summed E-state index contributed by atoms with van der Waals surface area (Å²) in [6.45, 7) is 4.61. The van der Waals surface area contributed by atoms with Crippen LogP contribution in [-0.4, -0.2) is 37.1 Å². The standard InChI is InChI=1S/C12H26N2/c1-5-12(13-3)10(2)14(4)11-8-6-7-9-11/h10-13H,5-9H2,1-4H3. The van der Waals surface area contributed by atoms with E-state index in [1.54, 1.807) is 0 Å². The molecular formula is C12H26N2. The fraction of sp³-hybridized carbons (Fsp3) is 1.00.